The van der Waals surface area contributed by atoms with Crippen LogP contribution in [0, 0.1) is 13.8 Å². The number of aryl methyl sites for hydroxylation is 2. The maximum absolute atomic E-state index is 12.7. The number of carbonyl (C=O) groups excluding carboxylic acids is 2. The molecule has 0 unspecified atom stereocenters. The predicted octanol–water partition coefficient (Wildman–Crippen LogP) is 6.27. The van der Waals surface area contributed by atoms with Gasteiger partial charge in [-0.2, -0.15) is 0 Å². The first-order valence-electron chi connectivity index (χ1n) is 10.4. The minimum absolute atomic E-state index is 0.0768. The van der Waals surface area contributed by atoms with E-state index in [0.29, 0.717) is 4.91 Å². The molecule has 1 aromatic heterocycles. The van der Waals surface area contributed by atoms with Gasteiger partial charge in [0.05, 0.1) is 4.91 Å². The molecular weight excluding hydrogens is 380 g/mol. The molecule has 0 N–H and O–H groups in total. The Balaban J connectivity index is 1.89. The quantitative estimate of drug-likeness (QED) is 0.505. The third kappa shape index (κ3) is 4.35. The Hall–Kier alpha value is -2.27. The Morgan fingerprint density at radius 3 is 2.41 bits per heavy atom. The Bertz CT molecular complexity index is 941. The zero-order chi connectivity index (χ0) is 21.1. The van der Waals surface area contributed by atoms with Crippen molar-refractivity contribution in [3.63, 3.8) is 0 Å². The molecule has 4 nitrogen and oxygen atoms in total. The SMILES string of the molecule is CCCCc1ccc(-n2c(C)cc(/C=C3/SC(=O)N([C@@H](C)CC)C3=O)c2C)cc1. The third-order valence-corrected chi connectivity index (χ3v) is 6.51. The van der Waals surface area contributed by atoms with Gasteiger partial charge in [-0.15, -0.1) is 0 Å². The van der Waals surface area contributed by atoms with Crippen molar-refractivity contribution < 1.29 is 9.59 Å². The molecule has 1 aromatic carbocycles. The lowest BCUT2D eigenvalue weighted by molar-refractivity contribution is -0.124. The predicted molar refractivity (Wildman–Crippen MR) is 121 cm³/mol. The van der Waals surface area contributed by atoms with E-state index in [0.717, 1.165) is 47.2 Å². The summed E-state index contributed by atoms with van der Waals surface area (Å²) in [7, 11) is 0. The van der Waals surface area contributed by atoms with Crippen LogP contribution in [-0.2, 0) is 11.2 Å². The number of thioether (sulfide) groups is 1. The number of hydrogen-bond acceptors (Lipinski definition) is 3. The number of nitrogens with zero attached hydrogens (tertiary/aromatic N) is 2. The summed E-state index contributed by atoms with van der Waals surface area (Å²) in [6, 6.07) is 10.7. The summed E-state index contributed by atoms with van der Waals surface area (Å²) >= 11 is 1.04. The summed E-state index contributed by atoms with van der Waals surface area (Å²) in [5.41, 5.74) is 5.63. The summed E-state index contributed by atoms with van der Waals surface area (Å²) in [4.78, 5) is 26.9. The van der Waals surface area contributed by atoms with Crippen molar-refractivity contribution in [1.82, 2.24) is 9.47 Å². The molecule has 2 amide bonds. The zero-order valence-electron chi connectivity index (χ0n) is 18.0. The standard InChI is InChI=1S/C24H30N2O2S/c1-6-8-9-19-10-12-21(13-11-19)25-17(4)14-20(18(25)5)15-22-23(27)26(16(3)7-2)24(28)29-22/h10-16H,6-9H2,1-5H3/b22-15+/t16-/m0/s1. The number of rotatable bonds is 7. The molecular formula is C24H30N2O2S. The van der Waals surface area contributed by atoms with Crippen LogP contribution in [-0.4, -0.2) is 26.7 Å². The van der Waals surface area contributed by atoms with Gasteiger partial charge in [0.2, 0.25) is 0 Å². The fourth-order valence-electron chi connectivity index (χ4n) is 3.71. The van der Waals surface area contributed by atoms with Crippen LogP contribution >= 0.6 is 11.8 Å². The van der Waals surface area contributed by atoms with Crippen molar-refractivity contribution >= 4 is 29.0 Å². The lowest BCUT2D eigenvalue weighted by atomic mass is 10.1. The monoisotopic (exact) mass is 410 g/mol. The lowest BCUT2D eigenvalue weighted by Gasteiger charge is -2.19. The van der Waals surface area contributed by atoms with E-state index < -0.39 is 0 Å². The van der Waals surface area contributed by atoms with E-state index in [2.05, 4.69) is 55.7 Å². The van der Waals surface area contributed by atoms with Gasteiger partial charge in [0.25, 0.3) is 11.1 Å². The molecule has 154 valence electrons. The number of carbonyl (C=O) groups is 2. The highest BCUT2D eigenvalue weighted by Gasteiger charge is 2.37. The van der Waals surface area contributed by atoms with Gasteiger partial charge in [0.15, 0.2) is 0 Å². The minimum Gasteiger partial charge on any atom is -0.318 e. The first-order chi connectivity index (χ1) is 13.9. The minimum atomic E-state index is -0.181. The Morgan fingerprint density at radius 2 is 1.79 bits per heavy atom. The van der Waals surface area contributed by atoms with E-state index in [1.807, 2.05) is 19.9 Å². The molecule has 0 radical (unpaired) electrons. The van der Waals surface area contributed by atoms with Gasteiger partial charge < -0.3 is 4.57 Å². The molecule has 0 bridgehead atoms. The fraction of sp³-hybridized carbons (Fsp3) is 0.417. The van der Waals surface area contributed by atoms with Crippen molar-refractivity contribution in [3.05, 3.63) is 57.8 Å². The molecule has 0 spiro atoms. The van der Waals surface area contributed by atoms with Crippen LogP contribution in [0.4, 0.5) is 4.79 Å². The van der Waals surface area contributed by atoms with Crippen molar-refractivity contribution in [1.29, 1.82) is 0 Å². The van der Waals surface area contributed by atoms with Gasteiger partial charge in [-0.25, -0.2) is 0 Å². The second-order valence-corrected chi connectivity index (χ2v) is 8.73. The van der Waals surface area contributed by atoms with Gasteiger partial charge >= 0.3 is 0 Å². The molecule has 1 saturated heterocycles. The summed E-state index contributed by atoms with van der Waals surface area (Å²) in [6.45, 7) is 10.2. The summed E-state index contributed by atoms with van der Waals surface area (Å²) in [5, 5.41) is -0.174. The van der Waals surface area contributed by atoms with Gasteiger partial charge in [0.1, 0.15) is 0 Å². The summed E-state index contributed by atoms with van der Waals surface area (Å²) in [5.74, 6) is -0.181. The first-order valence-corrected chi connectivity index (χ1v) is 11.2. The van der Waals surface area contributed by atoms with Crippen LogP contribution in [0.3, 0.4) is 0 Å². The molecule has 1 aliphatic heterocycles. The number of amides is 2. The summed E-state index contributed by atoms with van der Waals surface area (Å²) < 4.78 is 2.20. The van der Waals surface area contributed by atoms with Crippen LogP contribution in [0.2, 0.25) is 0 Å². The molecule has 1 atom stereocenters. The van der Waals surface area contributed by atoms with Crippen molar-refractivity contribution in [2.24, 2.45) is 0 Å². The smallest absolute Gasteiger partial charge is 0.293 e. The van der Waals surface area contributed by atoms with E-state index in [4.69, 9.17) is 0 Å². The zero-order valence-corrected chi connectivity index (χ0v) is 18.8. The molecule has 3 rings (SSSR count). The van der Waals surface area contributed by atoms with Crippen LogP contribution in [0.15, 0.2) is 35.2 Å². The maximum atomic E-state index is 12.7. The Labute approximate surface area is 178 Å². The van der Waals surface area contributed by atoms with Gasteiger partial charge in [-0.05, 0) is 87.2 Å². The molecule has 5 heteroatoms. The number of hydrogen-bond donors (Lipinski definition) is 0. The van der Waals surface area contributed by atoms with Crippen molar-refractivity contribution in [2.75, 3.05) is 0 Å². The van der Waals surface area contributed by atoms with E-state index in [-0.39, 0.29) is 17.2 Å². The molecule has 1 aliphatic rings. The molecule has 0 aliphatic carbocycles. The van der Waals surface area contributed by atoms with Gasteiger partial charge in [-0.3, -0.25) is 14.5 Å². The number of unbranched alkanes of at least 4 members (excludes halogenated alkanes) is 1. The second-order valence-electron chi connectivity index (χ2n) is 7.74. The number of aromatic nitrogens is 1. The Morgan fingerprint density at radius 1 is 1.10 bits per heavy atom. The van der Waals surface area contributed by atoms with Gasteiger partial charge in [0, 0.05) is 23.1 Å². The highest BCUT2D eigenvalue weighted by Crippen LogP contribution is 2.35. The first kappa shape index (κ1) is 21.4. The lowest BCUT2D eigenvalue weighted by Crippen LogP contribution is -2.36. The fourth-order valence-corrected chi connectivity index (χ4v) is 4.63. The molecule has 29 heavy (non-hydrogen) atoms. The molecule has 2 heterocycles. The number of benzene rings is 1. The maximum Gasteiger partial charge on any atom is 0.293 e. The van der Waals surface area contributed by atoms with Gasteiger partial charge in [-0.1, -0.05) is 32.4 Å². The highest BCUT2D eigenvalue weighted by molar-refractivity contribution is 8.18. The topological polar surface area (TPSA) is 42.3 Å². The van der Waals surface area contributed by atoms with E-state index >= 15 is 0 Å². The molecule has 1 fully saturated rings. The van der Waals surface area contributed by atoms with Crippen LogP contribution in [0.5, 0.6) is 0 Å². The molecule has 0 saturated carbocycles. The molecule has 2 aromatic rings. The normalized spacial score (nSPS) is 16.9. The highest BCUT2D eigenvalue weighted by atomic mass is 32.2. The summed E-state index contributed by atoms with van der Waals surface area (Å²) in [6.07, 6.45) is 6.13. The van der Waals surface area contributed by atoms with Crippen LogP contribution in [0.25, 0.3) is 11.8 Å². The average Bonchev–Trinajstić information content (AvgIpc) is 3.14. The number of imide groups is 1. The van der Waals surface area contributed by atoms with Crippen molar-refractivity contribution in [2.45, 2.75) is 66.3 Å². The van der Waals surface area contributed by atoms with E-state index in [1.54, 1.807) is 0 Å². The second kappa shape index (κ2) is 9.04. The van der Waals surface area contributed by atoms with E-state index in [1.165, 1.54) is 23.3 Å². The average molecular weight is 411 g/mol. The third-order valence-electron chi connectivity index (χ3n) is 5.63. The van der Waals surface area contributed by atoms with Crippen LogP contribution in [0.1, 0.15) is 62.5 Å². The largest absolute Gasteiger partial charge is 0.318 e. The van der Waals surface area contributed by atoms with Crippen LogP contribution < -0.4 is 0 Å². The van der Waals surface area contributed by atoms with E-state index in [9.17, 15) is 9.59 Å². The Kier molecular flexibility index (Phi) is 6.68. The van der Waals surface area contributed by atoms with Crippen molar-refractivity contribution in [3.8, 4) is 5.69 Å².